The predicted molar refractivity (Wildman–Crippen MR) is 356 cm³/mol. The molecule has 2 N–H and O–H groups in total. The number of hydrogen-bond acceptors (Lipinski definition) is 4. The van der Waals surface area contributed by atoms with Crippen molar-refractivity contribution in [2.75, 3.05) is 0 Å². The van der Waals surface area contributed by atoms with Crippen molar-refractivity contribution in [2.24, 2.45) is 0 Å². The second kappa shape index (κ2) is 22.4. The molecule has 10 aromatic carbocycles. The minimum Gasteiger partial charge on any atom is -0.353 e. The maximum atomic E-state index is 14.4. The Bertz CT molecular complexity index is 4970. The number of benzene rings is 10. The summed E-state index contributed by atoms with van der Waals surface area (Å²) < 4.78 is 0. The largest absolute Gasteiger partial charge is 0.353 e. The number of rotatable bonds is 11. The molecule has 410 valence electrons. The fourth-order valence-corrected chi connectivity index (χ4v) is 12.8. The molecule has 8 bridgehead atoms. The molecule has 5 heterocycles. The molecule has 0 radical (unpaired) electrons. The summed E-state index contributed by atoms with van der Waals surface area (Å²) >= 11 is 0. The Morgan fingerprint density at radius 3 is 0.736 bits per heavy atom. The molecule has 3 aromatic heterocycles. The van der Waals surface area contributed by atoms with Gasteiger partial charge in [-0.1, -0.05) is 303 Å². The molecule has 0 amide bonds. The molecule has 7 nitrogen and oxygen atoms in total. The lowest BCUT2D eigenvalue weighted by Crippen LogP contribution is -1.95. The zero-order valence-electron chi connectivity index (χ0n) is 47.1. The van der Waals surface area contributed by atoms with Crippen molar-refractivity contribution in [3.05, 3.63) is 365 Å². The fraction of sp³-hybridized carbons (Fsp3) is 0. The van der Waals surface area contributed by atoms with Gasteiger partial charge in [0.25, 0.3) is 5.69 Å². The van der Waals surface area contributed by atoms with Crippen LogP contribution in [0.5, 0.6) is 0 Å². The lowest BCUT2D eigenvalue weighted by Gasteiger charge is -2.14. The van der Waals surface area contributed by atoms with E-state index in [4.69, 9.17) is 9.97 Å². The molecule has 7 heteroatoms. The second-order valence-electron chi connectivity index (χ2n) is 21.6. The monoisotopic (exact) mass is 1120 g/mol. The highest BCUT2D eigenvalue weighted by Gasteiger charge is 2.35. The molecular formula is C80H53N5O2. The Balaban J connectivity index is 1.34. The number of hydrogen-bond donors (Lipinski definition) is 2. The Morgan fingerprint density at radius 1 is 0.253 bits per heavy atom. The van der Waals surface area contributed by atoms with Crippen LogP contribution in [0.25, 0.3) is 111 Å². The van der Waals surface area contributed by atoms with E-state index >= 15 is 0 Å². The van der Waals surface area contributed by atoms with Crippen LogP contribution in [-0.4, -0.2) is 24.9 Å². The molecule has 0 aliphatic carbocycles. The van der Waals surface area contributed by atoms with Gasteiger partial charge < -0.3 is 9.97 Å². The SMILES string of the molecule is O=[N+]([O-])c1cc2[nH]c1c(-c1ccccc1)c1nc(c(-c3ccccc3)c3[nH]c(c(-c4ccccc4)c4nc(c2-c2ccccc2)C(c2ccccc2)=C4c2ccccc2)c(-c2ccccc2)c3-c2ccccc2)C(c2ccccc2)=C1c1ccccc1. The lowest BCUT2D eigenvalue weighted by molar-refractivity contribution is -0.382. The third kappa shape index (κ3) is 9.28. The molecule has 0 saturated heterocycles. The van der Waals surface area contributed by atoms with Gasteiger partial charge in [-0.05, 0) is 55.6 Å². The summed E-state index contributed by atoms with van der Waals surface area (Å²) in [6.07, 6.45) is 0. The summed E-state index contributed by atoms with van der Waals surface area (Å²) in [5.74, 6) is 0. The van der Waals surface area contributed by atoms with Gasteiger partial charge in [-0.2, -0.15) is 0 Å². The molecule has 0 atom stereocenters. The molecule has 2 aliphatic heterocycles. The average Bonchev–Trinajstić information content (AvgIpc) is 1.78. The van der Waals surface area contributed by atoms with Gasteiger partial charge in [-0.25, -0.2) is 9.97 Å². The minimum absolute atomic E-state index is 0.112. The zero-order chi connectivity index (χ0) is 58.2. The fourth-order valence-electron chi connectivity index (χ4n) is 12.8. The molecule has 15 rings (SSSR count). The predicted octanol–water partition coefficient (Wildman–Crippen LogP) is 20.2. The first-order valence-electron chi connectivity index (χ1n) is 29.2. The number of nitrogens with one attached hydrogen (secondary N) is 2. The third-order valence-electron chi connectivity index (χ3n) is 16.5. The number of aromatic amines is 2. The maximum Gasteiger partial charge on any atom is 0.295 e. The molecule has 87 heavy (non-hydrogen) atoms. The Labute approximate surface area is 503 Å². The number of fused-ring (bicyclic) bond motifs is 8. The average molecular weight is 1120 g/mol. The molecule has 0 saturated carbocycles. The normalized spacial score (nSPS) is 12.1. The highest BCUT2D eigenvalue weighted by molar-refractivity contribution is 6.19. The minimum atomic E-state index is -0.267. The van der Waals surface area contributed by atoms with Crippen molar-refractivity contribution in [1.29, 1.82) is 0 Å². The zero-order valence-corrected chi connectivity index (χ0v) is 47.1. The van der Waals surface area contributed by atoms with Crippen molar-refractivity contribution in [2.45, 2.75) is 0 Å². The van der Waals surface area contributed by atoms with Crippen molar-refractivity contribution < 1.29 is 4.92 Å². The Kier molecular flexibility index (Phi) is 13.4. The summed E-state index contributed by atoms with van der Waals surface area (Å²) in [7, 11) is 0. The van der Waals surface area contributed by atoms with Gasteiger partial charge in [0.1, 0.15) is 5.52 Å². The van der Waals surface area contributed by atoms with E-state index in [2.05, 4.69) is 222 Å². The van der Waals surface area contributed by atoms with E-state index in [0.717, 1.165) is 117 Å². The van der Waals surface area contributed by atoms with Crippen LogP contribution in [0, 0.1) is 10.1 Å². The van der Waals surface area contributed by atoms with Crippen LogP contribution in [0.1, 0.15) is 45.0 Å². The Morgan fingerprint density at radius 2 is 0.471 bits per heavy atom. The molecule has 0 spiro atoms. The number of nitrogens with zero attached hydrogens (tertiary/aromatic N) is 3. The number of aromatic nitrogens is 4. The summed E-state index contributed by atoms with van der Waals surface area (Å²) in [6, 6.07) is 106. The van der Waals surface area contributed by atoms with E-state index in [1.54, 1.807) is 6.07 Å². The maximum absolute atomic E-state index is 14.4. The standard InChI is InChI=1S/C80H53N5O2/c86-85(87)63-51-62-64(52-31-11-1-12-32-52)75-65(53-33-13-2-14-34-53)66(54-35-15-3-16-36-54)77(82-75)72(60-47-27-9-28-48-60)79-69(57-41-21-6-22-42-57)70(58-43-23-7-24-44-58)80(84-79)73(61-49-29-10-30-50-61)78-68(56-39-19-5-20-40-56)67(55-37-17-4-18-38-55)76(83-78)71(74(63)81-62)59-45-25-8-26-46-59/h1-51,81,84H. The van der Waals surface area contributed by atoms with Crippen LogP contribution in [0.2, 0.25) is 0 Å². The van der Waals surface area contributed by atoms with E-state index in [9.17, 15) is 10.1 Å². The molecule has 2 aliphatic rings. The third-order valence-corrected chi connectivity index (χ3v) is 16.5. The number of H-pyrrole nitrogens is 2. The quantitative estimate of drug-likeness (QED) is 0.0995. The highest BCUT2D eigenvalue weighted by atomic mass is 16.6. The topological polar surface area (TPSA) is 100 Å². The molecule has 0 fully saturated rings. The van der Waals surface area contributed by atoms with E-state index < -0.39 is 0 Å². The van der Waals surface area contributed by atoms with Crippen LogP contribution in [0.3, 0.4) is 0 Å². The van der Waals surface area contributed by atoms with Crippen LogP contribution in [-0.2, 0) is 0 Å². The van der Waals surface area contributed by atoms with Gasteiger partial charge >= 0.3 is 0 Å². The first kappa shape index (κ1) is 52.0. The van der Waals surface area contributed by atoms with Crippen molar-refractivity contribution >= 4 is 50.0 Å². The van der Waals surface area contributed by atoms with Gasteiger partial charge in [0.15, 0.2) is 0 Å². The Hall–Kier alpha value is -11.8. The van der Waals surface area contributed by atoms with Crippen molar-refractivity contribution in [3.8, 4) is 66.8 Å². The molecule has 13 aromatic rings. The van der Waals surface area contributed by atoms with Gasteiger partial charge in [-0.15, -0.1) is 0 Å². The van der Waals surface area contributed by atoms with Gasteiger partial charge in [0.05, 0.1) is 44.2 Å². The highest BCUT2D eigenvalue weighted by Crippen LogP contribution is 2.54. The smallest absolute Gasteiger partial charge is 0.295 e. The summed E-state index contributed by atoms with van der Waals surface area (Å²) in [5.41, 5.74) is 22.4. The van der Waals surface area contributed by atoms with Crippen LogP contribution in [0.15, 0.2) is 309 Å². The summed E-state index contributed by atoms with van der Waals surface area (Å²) in [6.45, 7) is 0. The van der Waals surface area contributed by atoms with Crippen LogP contribution >= 0.6 is 0 Å². The molecular weight excluding hydrogens is 1060 g/mol. The van der Waals surface area contributed by atoms with Gasteiger partial charge in [0.2, 0.25) is 0 Å². The van der Waals surface area contributed by atoms with Gasteiger partial charge in [0, 0.05) is 61.7 Å². The van der Waals surface area contributed by atoms with Crippen molar-refractivity contribution in [1.82, 2.24) is 19.9 Å². The first-order chi connectivity index (χ1) is 43.1. The van der Waals surface area contributed by atoms with Crippen LogP contribution in [0.4, 0.5) is 5.69 Å². The first-order valence-corrected chi connectivity index (χ1v) is 29.2. The summed E-state index contributed by atoms with van der Waals surface area (Å²) in [5, 5.41) is 14.4. The van der Waals surface area contributed by atoms with E-state index in [0.29, 0.717) is 39.2 Å². The second-order valence-corrected chi connectivity index (χ2v) is 21.6. The van der Waals surface area contributed by atoms with Crippen molar-refractivity contribution in [3.63, 3.8) is 0 Å². The lowest BCUT2D eigenvalue weighted by atomic mass is 9.86. The number of nitro groups is 1. The van der Waals surface area contributed by atoms with Gasteiger partial charge in [-0.3, -0.25) is 10.1 Å². The van der Waals surface area contributed by atoms with E-state index in [-0.39, 0.29) is 10.6 Å². The van der Waals surface area contributed by atoms with Crippen LogP contribution < -0.4 is 0 Å². The van der Waals surface area contributed by atoms with E-state index in [1.807, 2.05) is 91.0 Å². The summed E-state index contributed by atoms with van der Waals surface area (Å²) in [4.78, 5) is 34.6. The molecule has 0 unspecified atom stereocenters. The van der Waals surface area contributed by atoms with E-state index in [1.165, 1.54) is 0 Å².